The summed E-state index contributed by atoms with van der Waals surface area (Å²) in [5, 5.41) is 8.58. The van der Waals surface area contributed by atoms with Gasteiger partial charge in [0.05, 0.1) is 19.3 Å². The van der Waals surface area contributed by atoms with Gasteiger partial charge in [0.1, 0.15) is 5.69 Å². The predicted octanol–water partition coefficient (Wildman–Crippen LogP) is 3.74. The second-order valence-electron chi connectivity index (χ2n) is 5.37. The molecule has 1 heterocycles. The second kappa shape index (κ2) is 6.50. The highest BCUT2D eigenvalue weighted by Crippen LogP contribution is 2.32. The van der Waals surface area contributed by atoms with Gasteiger partial charge in [-0.05, 0) is 45.0 Å². The van der Waals surface area contributed by atoms with E-state index in [-0.39, 0.29) is 12.1 Å². The van der Waals surface area contributed by atoms with Gasteiger partial charge in [-0.1, -0.05) is 23.7 Å². The number of nitrogens with one attached hydrogen (secondary N) is 1. The summed E-state index contributed by atoms with van der Waals surface area (Å²) in [5.74, 6) is 0.788. The normalized spacial score (nSPS) is 12.7. The van der Waals surface area contributed by atoms with Crippen LogP contribution in [0, 0.1) is 6.92 Å². The summed E-state index contributed by atoms with van der Waals surface area (Å²) < 4.78 is 7.48. The lowest BCUT2D eigenvalue weighted by Crippen LogP contribution is -2.23. The summed E-state index contributed by atoms with van der Waals surface area (Å²) in [5.41, 5.74) is 3.22. The van der Waals surface area contributed by atoms with Crippen LogP contribution < -0.4 is 10.1 Å². The number of hydrogen-bond acceptors (Lipinski definition) is 3. The molecule has 114 valence electrons. The van der Waals surface area contributed by atoms with Crippen molar-refractivity contribution in [2.45, 2.75) is 32.9 Å². The number of ether oxygens (including phenoxy) is 1. The van der Waals surface area contributed by atoms with Gasteiger partial charge < -0.3 is 10.1 Å². The summed E-state index contributed by atoms with van der Waals surface area (Å²) in [7, 11) is 3.61. The van der Waals surface area contributed by atoms with Crippen LogP contribution in [0.4, 0.5) is 0 Å². The molecule has 0 aliphatic heterocycles. The molecule has 1 atom stereocenters. The maximum absolute atomic E-state index is 6.13. The van der Waals surface area contributed by atoms with E-state index in [2.05, 4.69) is 30.3 Å². The molecule has 0 aliphatic carbocycles. The first kappa shape index (κ1) is 15.9. The lowest BCUT2D eigenvalue weighted by Gasteiger charge is -2.22. The molecule has 0 saturated heterocycles. The Morgan fingerprint density at radius 3 is 2.57 bits per heavy atom. The van der Waals surface area contributed by atoms with Gasteiger partial charge in [0.25, 0.3) is 0 Å². The van der Waals surface area contributed by atoms with Crippen LogP contribution in [0.2, 0.25) is 5.02 Å². The summed E-state index contributed by atoms with van der Waals surface area (Å²) >= 11 is 6.13. The zero-order chi connectivity index (χ0) is 15.6. The Morgan fingerprint density at radius 1 is 1.33 bits per heavy atom. The molecule has 1 N–H and O–H groups in total. The zero-order valence-electron chi connectivity index (χ0n) is 13.1. The van der Waals surface area contributed by atoms with Crippen LogP contribution >= 0.6 is 11.6 Å². The number of methoxy groups -OCH3 is 1. The summed E-state index contributed by atoms with van der Waals surface area (Å²) in [6, 6.07) is 6.32. The van der Waals surface area contributed by atoms with Crippen LogP contribution in [-0.4, -0.2) is 23.9 Å². The molecule has 4 nitrogen and oxygen atoms in total. The molecular formula is C16H22ClN3O. The molecule has 1 aromatic heterocycles. The predicted molar refractivity (Wildman–Crippen MR) is 86.3 cm³/mol. The lowest BCUT2D eigenvalue weighted by atomic mass is 10.0. The van der Waals surface area contributed by atoms with Gasteiger partial charge >= 0.3 is 0 Å². The van der Waals surface area contributed by atoms with Gasteiger partial charge in [0.15, 0.2) is 5.75 Å². The van der Waals surface area contributed by atoms with Crippen molar-refractivity contribution in [1.29, 1.82) is 0 Å². The summed E-state index contributed by atoms with van der Waals surface area (Å²) in [6.45, 7) is 6.22. The van der Waals surface area contributed by atoms with Crippen molar-refractivity contribution in [3.8, 4) is 5.75 Å². The summed E-state index contributed by atoms with van der Waals surface area (Å²) in [6.07, 6.45) is 1.77. The standard InChI is InChI=1S/C16H22ClN3O/c1-10(2)20-16(14(21-5)9-19-20)15(18-4)12-6-7-13(17)11(3)8-12/h6-10,15,18H,1-5H3. The van der Waals surface area contributed by atoms with Crippen molar-refractivity contribution in [2.75, 3.05) is 14.2 Å². The van der Waals surface area contributed by atoms with Gasteiger partial charge in [-0.3, -0.25) is 4.68 Å². The average molecular weight is 308 g/mol. The Kier molecular flexibility index (Phi) is 4.91. The van der Waals surface area contributed by atoms with E-state index in [1.165, 1.54) is 0 Å². The number of nitrogens with zero attached hydrogens (tertiary/aromatic N) is 2. The minimum absolute atomic E-state index is 0.000756. The third kappa shape index (κ3) is 3.06. The van der Waals surface area contributed by atoms with Crippen LogP contribution in [0.15, 0.2) is 24.4 Å². The largest absolute Gasteiger partial charge is 0.493 e. The van der Waals surface area contributed by atoms with Gasteiger partial charge in [0, 0.05) is 11.1 Å². The smallest absolute Gasteiger partial charge is 0.161 e. The molecular weight excluding hydrogens is 286 g/mol. The van der Waals surface area contributed by atoms with E-state index >= 15 is 0 Å². The molecule has 0 amide bonds. The summed E-state index contributed by atoms with van der Waals surface area (Å²) in [4.78, 5) is 0. The quantitative estimate of drug-likeness (QED) is 0.914. The fourth-order valence-corrected chi connectivity index (χ4v) is 2.63. The highest BCUT2D eigenvalue weighted by molar-refractivity contribution is 6.31. The lowest BCUT2D eigenvalue weighted by molar-refractivity contribution is 0.396. The molecule has 5 heteroatoms. The highest BCUT2D eigenvalue weighted by atomic mass is 35.5. The van der Waals surface area contributed by atoms with Crippen LogP contribution in [0.1, 0.15) is 42.8 Å². The highest BCUT2D eigenvalue weighted by Gasteiger charge is 2.23. The number of aromatic nitrogens is 2. The molecule has 0 bridgehead atoms. The molecule has 1 unspecified atom stereocenters. The van der Waals surface area contributed by atoms with E-state index in [9.17, 15) is 0 Å². The second-order valence-corrected chi connectivity index (χ2v) is 5.77. The number of hydrogen-bond donors (Lipinski definition) is 1. The molecule has 21 heavy (non-hydrogen) atoms. The molecule has 0 radical (unpaired) electrons. The molecule has 1 aromatic carbocycles. The van der Waals surface area contributed by atoms with Crippen LogP contribution in [0.5, 0.6) is 5.75 Å². The van der Waals surface area contributed by atoms with Gasteiger partial charge in [0.2, 0.25) is 0 Å². The van der Waals surface area contributed by atoms with Gasteiger partial charge in [-0.15, -0.1) is 0 Å². The Balaban J connectivity index is 2.55. The Bertz CT molecular complexity index is 622. The number of halogens is 1. The number of aryl methyl sites for hydroxylation is 1. The van der Waals surface area contributed by atoms with Crippen LogP contribution in [-0.2, 0) is 0 Å². The van der Waals surface area contributed by atoms with Crippen molar-refractivity contribution in [3.63, 3.8) is 0 Å². The van der Waals surface area contributed by atoms with E-state index < -0.39 is 0 Å². The molecule has 0 spiro atoms. The Labute approximate surface area is 131 Å². The van der Waals surface area contributed by atoms with Gasteiger partial charge in [-0.25, -0.2) is 0 Å². The van der Waals surface area contributed by atoms with Crippen molar-refractivity contribution in [3.05, 3.63) is 46.2 Å². The topological polar surface area (TPSA) is 39.1 Å². The molecule has 2 aromatic rings. The van der Waals surface area contributed by atoms with Crippen molar-refractivity contribution in [1.82, 2.24) is 15.1 Å². The van der Waals surface area contributed by atoms with E-state index in [0.29, 0.717) is 0 Å². The molecule has 0 fully saturated rings. The number of rotatable bonds is 5. The fraction of sp³-hybridized carbons (Fsp3) is 0.438. The third-order valence-electron chi connectivity index (χ3n) is 3.59. The monoisotopic (exact) mass is 307 g/mol. The first-order valence-corrected chi connectivity index (χ1v) is 7.42. The minimum atomic E-state index is 0.000756. The minimum Gasteiger partial charge on any atom is -0.493 e. The fourth-order valence-electron chi connectivity index (χ4n) is 2.51. The first-order valence-electron chi connectivity index (χ1n) is 7.04. The van der Waals surface area contributed by atoms with Crippen molar-refractivity contribution < 1.29 is 4.74 Å². The average Bonchev–Trinajstić information content (AvgIpc) is 2.87. The maximum Gasteiger partial charge on any atom is 0.161 e. The third-order valence-corrected chi connectivity index (χ3v) is 4.01. The van der Waals surface area contributed by atoms with Crippen molar-refractivity contribution >= 4 is 11.6 Å². The van der Waals surface area contributed by atoms with Crippen LogP contribution in [0.3, 0.4) is 0 Å². The maximum atomic E-state index is 6.13. The Hall–Kier alpha value is -1.52. The zero-order valence-corrected chi connectivity index (χ0v) is 13.9. The molecule has 2 rings (SSSR count). The van der Waals surface area contributed by atoms with Gasteiger partial charge in [-0.2, -0.15) is 5.10 Å². The van der Waals surface area contributed by atoms with E-state index in [1.54, 1.807) is 13.3 Å². The Morgan fingerprint density at radius 2 is 2.05 bits per heavy atom. The first-order chi connectivity index (χ1) is 9.99. The molecule has 0 saturated carbocycles. The van der Waals surface area contributed by atoms with E-state index in [0.717, 1.165) is 27.6 Å². The van der Waals surface area contributed by atoms with Crippen molar-refractivity contribution in [2.24, 2.45) is 0 Å². The SMILES string of the molecule is CNC(c1ccc(Cl)c(C)c1)c1c(OC)cnn1C(C)C. The van der Waals surface area contributed by atoms with E-state index in [4.69, 9.17) is 16.3 Å². The van der Waals surface area contributed by atoms with Crippen LogP contribution in [0.25, 0.3) is 0 Å². The van der Waals surface area contributed by atoms with E-state index in [1.807, 2.05) is 30.8 Å². The molecule has 0 aliphatic rings. The number of benzene rings is 1.